The summed E-state index contributed by atoms with van der Waals surface area (Å²) in [5.41, 5.74) is 3.21. The molecule has 0 radical (unpaired) electrons. The Bertz CT molecular complexity index is 957. The summed E-state index contributed by atoms with van der Waals surface area (Å²) in [5, 5.41) is -0.386. The molecule has 6 heteroatoms. The number of sulfonamides is 1. The van der Waals surface area contributed by atoms with E-state index in [0.29, 0.717) is 12.8 Å². The highest BCUT2D eigenvalue weighted by Gasteiger charge is 2.44. The molecule has 32 heavy (non-hydrogen) atoms. The number of likely N-dealkylation sites (N-methyl/N-ethyl adjacent to an activating group) is 1. The molecule has 1 aliphatic rings. The first kappa shape index (κ1) is 24.9. The van der Waals surface area contributed by atoms with E-state index in [9.17, 15) is 8.42 Å². The maximum absolute atomic E-state index is 13.5. The number of ether oxygens (including phenoxy) is 2. The molecule has 0 spiro atoms. The number of unbranched alkanes of at least 4 members (excludes halogenated alkanes) is 1. The minimum absolute atomic E-state index is 0.290. The summed E-state index contributed by atoms with van der Waals surface area (Å²) in [6, 6.07) is 18.0. The maximum Gasteiger partial charge on any atom is 0.217 e. The molecule has 0 unspecified atom stereocenters. The lowest BCUT2D eigenvalue weighted by molar-refractivity contribution is -0.291. The van der Waals surface area contributed by atoms with Gasteiger partial charge in [0.15, 0.2) is 5.79 Å². The summed E-state index contributed by atoms with van der Waals surface area (Å²) in [6.07, 6.45) is 2.75. The van der Waals surface area contributed by atoms with Crippen molar-refractivity contribution in [1.82, 2.24) is 4.31 Å². The molecule has 5 nitrogen and oxygen atoms in total. The third-order valence-corrected chi connectivity index (χ3v) is 8.82. The van der Waals surface area contributed by atoms with E-state index in [0.717, 1.165) is 29.5 Å². The van der Waals surface area contributed by atoms with Crippen LogP contribution < -0.4 is 0 Å². The zero-order chi connectivity index (χ0) is 23.4. The molecule has 1 heterocycles. The Kier molecular flexibility index (Phi) is 8.15. The van der Waals surface area contributed by atoms with Gasteiger partial charge in [0.25, 0.3) is 0 Å². The van der Waals surface area contributed by atoms with Crippen LogP contribution in [0, 0.1) is 0 Å². The molecule has 0 aromatic heterocycles. The predicted molar refractivity (Wildman–Crippen MR) is 130 cm³/mol. The minimum atomic E-state index is -3.48. The third-order valence-electron chi connectivity index (χ3n) is 6.33. The quantitative estimate of drug-likeness (QED) is 0.477. The summed E-state index contributed by atoms with van der Waals surface area (Å²) in [6.45, 7) is 8.07. The molecular weight excluding hydrogens is 422 g/mol. The number of hydrogen-bond acceptors (Lipinski definition) is 4. The van der Waals surface area contributed by atoms with Crippen LogP contribution in [0.3, 0.4) is 0 Å². The molecule has 1 saturated heterocycles. The van der Waals surface area contributed by atoms with Crippen LogP contribution in [-0.2, 0) is 19.5 Å². The monoisotopic (exact) mass is 459 g/mol. The minimum Gasteiger partial charge on any atom is -0.349 e. The van der Waals surface area contributed by atoms with Crippen LogP contribution in [0.4, 0.5) is 0 Å². The fourth-order valence-electron chi connectivity index (χ4n) is 4.29. The average molecular weight is 460 g/mol. The van der Waals surface area contributed by atoms with E-state index in [-0.39, 0.29) is 11.9 Å². The number of benzene rings is 2. The number of hydrogen-bond donors (Lipinski definition) is 0. The zero-order valence-corrected chi connectivity index (χ0v) is 20.8. The summed E-state index contributed by atoms with van der Waals surface area (Å²) in [4.78, 5) is 0. The van der Waals surface area contributed by atoms with Crippen molar-refractivity contribution < 1.29 is 17.9 Å². The lowest BCUT2D eigenvalue weighted by atomic mass is 9.97. The van der Waals surface area contributed by atoms with Gasteiger partial charge in [-0.2, -0.15) is 4.31 Å². The van der Waals surface area contributed by atoms with Crippen LogP contribution in [0.1, 0.15) is 65.0 Å². The Morgan fingerprint density at radius 1 is 1.03 bits per heavy atom. The molecule has 3 atom stereocenters. The Labute approximate surface area is 193 Å². The van der Waals surface area contributed by atoms with Crippen LogP contribution in [-0.4, -0.2) is 43.5 Å². The molecule has 0 amide bonds. The Hall–Kier alpha value is -1.73. The van der Waals surface area contributed by atoms with Crippen molar-refractivity contribution in [2.45, 2.75) is 76.6 Å². The van der Waals surface area contributed by atoms with E-state index in [1.807, 2.05) is 51.1 Å². The second kappa shape index (κ2) is 10.5. The first-order valence-corrected chi connectivity index (χ1v) is 13.1. The van der Waals surface area contributed by atoms with Gasteiger partial charge in [-0.05, 0) is 43.4 Å². The smallest absolute Gasteiger partial charge is 0.217 e. The van der Waals surface area contributed by atoms with Crippen LogP contribution in [0.25, 0.3) is 11.1 Å². The van der Waals surface area contributed by atoms with Gasteiger partial charge in [0.2, 0.25) is 10.0 Å². The van der Waals surface area contributed by atoms with Crippen molar-refractivity contribution in [3.8, 4) is 11.1 Å². The maximum atomic E-state index is 13.5. The predicted octanol–water partition coefficient (Wildman–Crippen LogP) is 5.78. The second-order valence-electron chi connectivity index (χ2n) is 9.04. The van der Waals surface area contributed by atoms with Crippen molar-refractivity contribution >= 4 is 10.0 Å². The number of rotatable bonds is 9. The Morgan fingerprint density at radius 2 is 1.66 bits per heavy atom. The second-order valence-corrected chi connectivity index (χ2v) is 11.3. The lowest BCUT2D eigenvalue weighted by Crippen LogP contribution is -2.54. The molecule has 0 aliphatic carbocycles. The van der Waals surface area contributed by atoms with Crippen molar-refractivity contribution in [2.75, 3.05) is 13.7 Å². The molecule has 176 valence electrons. The topological polar surface area (TPSA) is 55.8 Å². The van der Waals surface area contributed by atoms with Crippen LogP contribution in [0.2, 0.25) is 0 Å². The first-order valence-electron chi connectivity index (χ1n) is 11.6. The van der Waals surface area contributed by atoms with Gasteiger partial charge >= 0.3 is 0 Å². The highest BCUT2D eigenvalue weighted by Crippen LogP contribution is 2.37. The van der Waals surface area contributed by atoms with E-state index < -0.39 is 28.0 Å². The summed E-state index contributed by atoms with van der Waals surface area (Å²) < 4.78 is 40.6. The van der Waals surface area contributed by atoms with Gasteiger partial charge in [-0.1, -0.05) is 81.3 Å². The fraction of sp³-hybridized carbons (Fsp3) is 0.538. The van der Waals surface area contributed by atoms with E-state index in [1.54, 1.807) is 7.05 Å². The van der Waals surface area contributed by atoms with E-state index in [2.05, 4.69) is 31.2 Å². The lowest BCUT2D eigenvalue weighted by Gasteiger charge is -2.44. The SMILES string of the molecule is CCCC[C@@H](CC)S(=O)(=O)N(C)[C@H]1COC(C)(C)O[C@H]1c1ccc(-c2ccccc2)cc1. The van der Waals surface area contributed by atoms with Gasteiger partial charge in [-0.3, -0.25) is 0 Å². The Morgan fingerprint density at radius 3 is 2.25 bits per heavy atom. The van der Waals surface area contributed by atoms with Gasteiger partial charge < -0.3 is 9.47 Å². The molecular formula is C26H37NO4S. The average Bonchev–Trinajstić information content (AvgIpc) is 2.79. The molecule has 2 aromatic carbocycles. The largest absolute Gasteiger partial charge is 0.349 e. The molecule has 3 rings (SSSR count). The standard InChI is InChI=1S/C26H37NO4S/c1-6-8-14-23(7-2)32(28,29)27(5)24-19-30-26(3,4)31-25(24)22-17-15-21(16-18-22)20-12-10-9-11-13-20/h9-13,15-18,23-25H,6-8,14,19H2,1-5H3/t23-,24+,25+/m1/s1. The zero-order valence-electron chi connectivity index (χ0n) is 20.0. The van der Waals surface area contributed by atoms with E-state index in [4.69, 9.17) is 9.47 Å². The number of nitrogens with zero attached hydrogens (tertiary/aromatic N) is 1. The highest BCUT2D eigenvalue weighted by atomic mass is 32.2. The van der Waals surface area contributed by atoms with Gasteiger partial charge in [0.05, 0.1) is 17.9 Å². The molecule has 0 bridgehead atoms. The van der Waals surface area contributed by atoms with E-state index >= 15 is 0 Å². The van der Waals surface area contributed by atoms with Gasteiger partial charge in [0.1, 0.15) is 6.10 Å². The molecule has 0 saturated carbocycles. The summed E-state index contributed by atoms with van der Waals surface area (Å²) >= 11 is 0. The van der Waals surface area contributed by atoms with Crippen LogP contribution >= 0.6 is 0 Å². The van der Waals surface area contributed by atoms with Gasteiger partial charge in [-0.15, -0.1) is 0 Å². The first-order chi connectivity index (χ1) is 15.2. The third kappa shape index (κ3) is 5.60. The summed E-state index contributed by atoms with van der Waals surface area (Å²) in [5.74, 6) is -0.782. The molecule has 1 fully saturated rings. The summed E-state index contributed by atoms with van der Waals surface area (Å²) in [7, 11) is -1.81. The van der Waals surface area contributed by atoms with Gasteiger partial charge in [-0.25, -0.2) is 8.42 Å². The van der Waals surface area contributed by atoms with Crippen LogP contribution in [0.5, 0.6) is 0 Å². The van der Waals surface area contributed by atoms with Crippen molar-refractivity contribution in [3.05, 3.63) is 60.2 Å². The Balaban J connectivity index is 1.89. The van der Waals surface area contributed by atoms with Crippen molar-refractivity contribution in [3.63, 3.8) is 0 Å². The molecule has 2 aromatic rings. The van der Waals surface area contributed by atoms with Crippen LogP contribution in [0.15, 0.2) is 54.6 Å². The van der Waals surface area contributed by atoms with Gasteiger partial charge in [0, 0.05) is 7.05 Å². The highest BCUT2D eigenvalue weighted by molar-refractivity contribution is 7.89. The molecule has 1 aliphatic heterocycles. The fourth-order valence-corrected chi connectivity index (χ4v) is 6.20. The molecule has 0 N–H and O–H groups in total. The van der Waals surface area contributed by atoms with Crippen molar-refractivity contribution in [2.24, 2.45) is 0 Å². The van der Waals surface area contributed by atoms with E-state index in [1.165, 1.54) is 4.31 Å². The normalized spacial score (nSPS) is 22.1. The van der Waals surface area contributed by atoms with Crippen molar-refractivity contribution in [1.29, 1.82) is 0 Å².